The minimum absolute atomic E-state index is 0.0276. The third-order valence-electron chi connectivity index (χ3n) is 1.32. The lowest BCUT2D eigenvalue weighted by Crippen LogP contribution is -2.40. The Labute approximate surface area is 119 Å². The standard InChI is InChI=1S/C7H14N6S4/c1-3(13-7(15)17-5(10)11)2-12-6(14)16-4(8)9/h3H,2H2,1H3,(H3,8,9)(H3,10,11)(H,12,14)(H,13,15). The van der Waals surface area contributed by atoms with Gasteiger partial charge < -0.3 is 22.1 Å². The number of thioether (sulfide) groups is 2. The van der Waals surface area contributed by atoms with Gasteiger partial charge in [0, 0.05) is 12.6 Å². The zero-order chi connectivity index (χ0) is 13.4. The predicted molar refractivity (Wildman–Crippen MR) is 84.8 cm³/mol. The lowest BCUT2D eigenvalue weighted by atomic mass is 10.3. The van der Waals surface area contributed by atoms with E-state index in [0.29, 0.717) is 15.2 Å². The lowest BCUT2D eigenvalue weighted by molar-refractivity contribution is 0.653. The largest absolute Gasteiger partial charge is 0.378 e. The van der Waals surface area contributed by atoms with E-state index in [1.807, 2.05) is 6.92 Å². The fraction of sp³-hybridized carbons (Fsp3) is 0.429. The maximum atomic E-state index is 7.05. The molecule has 0 saturated carbocycles. The van der Waals surface area contributed by atoms with E-state index >= 15 is 0 Å². The Hall–Kier alpha value is -0.580. The molecule has 0 aliphatic carbocycles. The van der Waals surface area contributed by atoms with Crippen LogP contribution in [-0.4, -0.2) is 31.6 Å². The van der Waals surface area contributed by atoms with Crippen LogP contribution in [-0.2, 0) is 0 Å². The summed E-state index contributed by atoms with van der Waals surface area (Å²) in [6, 6.07) is 0.0276. The molecule has 0 aromatic carbocycles. The quantitative estimate of drug-likeness (QED) is 0.251. The molecule has 0 amide bonds. The summed E-state index contributed by atoms with van der Waals surface area (Å²) in [5, 5.41) is 19.9. The monoisotopic (exact) mass is 310 g/mol. The summed E-state index contributed by atoms with van der Waals surface area (Å²) in [7, 11) is 0. The molecule has 1 unspecified atom stereocenters. The maximum absolute atomic E-state index is 7.05. The van der Waals surface area contributed by atoms with Gasteiger partial charge in [-0.1, -0.05) is 24.4 Å². The van der Waals surface area contributed by atoms with Crippen LogP contribution < -0.4 is 22.1 Å². The van der Waals surface area contributed by atoms with E-state index in [1.54, 1.807) is 0 Å². The van der Waals surface area contributed by atoms with Gasteiger partial charge in [-0.3, -0.25) is 10.8 Å². The number of hydrogen-bond acceptors (Lipinski definition) is 6. The molecule has 0 aromatic heterocycles. The number of nitrogens with one attached hydrogen (secondary N) is 4. The highest BCUT2D eigenvalue weighted by Gasteiger charge is 2.07. The average Bonchev–Trinajstić information content (AvgIpc) is 2.12. The van der Waals surface area contributed by atoms with Gasteiger partial charge in [0.05, 0.1) is 0 Å². The molecule has 0 fully saturated rings. The van der Waals surface area contributed by atoms with E-state index in [1.165, 1.54) is 0 Å². The Morgan fingerprint density at radius 3 is 2.12 bits per heavy atom. The van der Waals surface area contributed by atoms with Gasteiger partial charge in [0.25, 0.3) is 0 Å². The van der Waals surface area contributed by atoms with Crippen LogP contribution in [0, 0.1) is 10.8 Å². The van der Waals surface area contributed by atoms with Crippen molar-refractivity contribution in [1.29, 1.82) is 10.8 Å². The van der Waals surface area contributed by atoms with Crippen molar-refractivity contribution in [3.63, 3.8) is 0 Å². The Morgan fingerprint density at radius 1 is 1.18 bits per heavy atom. The number of nitrogens with two attached hydrogens (primary N) is 2. The van der Waals surface area contributed by atoms with Crippen molar-refractivity contribution in [2.75, 3.05) is 6.54 Å². The first-order valence-electron chi connectivity index (χ1n) is 4.43. The average molecular weight is 310 g/mol. The smallest absolute Gasteiger partial charge is 0.158 e. The molecule has 0 aliphatic heterocycles. The van der Waals surface area contributed by atoms with Crippen molar-refractivity contribution in [2.24, 2.45) is 11.5 Å². The van der Waals surface area contributed by atoms with Crippen LogP contribution in [0.2, 0.25) is 0 Å². The molecular formula is C7H14N6S4. The lowest BCUT2D eigenvalue weighted by Gasteiger charge is -2.16. The summed E-state index contributed by atoms with van der Waals surface area (Å²) in [6.07, 6.45) is 0. The van der Waals surface area contributed by atoms with Crippen molar-refractivity contribution in [2.45, 2.75) is 13.0 Å². The zero-order valence-corrected chi connectivity index (χ0v) is 12.3. The fourth-order valence-corrected chi connectivity index (χ4v) is 2.39. The van der Waals surface area contributed by atoms with E-state index in [-0.39, 0.29) is 16.4 Å². The molecule has 1 atom stereocenters. The third kappa shape index (κ3) is 10.3. The van der Waals surface area contributed by atoms with Gasteiger partial charge >= 0.3 is 0 Å². The first kappa shape index (κ1) is 16.4. The molecule has 0 aliphatic rings. The first-order valence-corrected chi connectivity index (χ1v) is 6.88. The number of hydrogen-bond donors (Lipinski definition) is 6. The maximum Gasteiger partial charge on any atom is 0.158 e. The van der Waals surface area contributed by atoms with E-state index in [2.05, 4.69) is 10.6 Å². The van der Waals surface area contributed by atoms with Gasteiger partial charge in [-0.05, 0) is 30.4 Å². The summed E-state index contributed by atoms with van der Waals surface area (Å²) >= 11 is 11.9. The minimum Gasteiger partial charge on any atom is -0.378 e. The van der Waals surface area contributed by atoms with Crippen LogP contribution in [0.25, 0.3) is 0 Å². The van der Waals surface area contributed by atoms with Crippen LogP contribution >= 0.6 is 48.0 Å². The van der Waals surface area contributed by atoms with Crippen LogP contribution in [0.3, 0.4) is 0 Å². The summed E-state index contributed by atoms with van der Waals surface area (Å²) in [5.41, 5.74) is 10.4. The number of thiocarbonyl (C=S) groups is 2. The second kappa shape index (κ2) is 8.50. The highest BCUT2D eigenvalue weighted by molar-refractivity contribution is 8.33. The molecule has 0 saturated heterocycles. The summed E-state index contributed by atoms with van der Waals surface area (Å²) < 4.78 is 0.883. The van der Waals surface area contributed by atoms with Gasteiger partial charge in [-0.15, -0.1) is 0 Å². The first-order chi connectivity index (χ1) is 7.81. The van der Waals surface area contributed by atoms with Gasteiger partial charge in [0.1, 0.15) is 8.64 Å². The SMILES string of the molecule is CC(CNC(=S)SC(=N)N)NC(=S)SC(=N)N. The van der Waals surface area contributed by atoms with Gasteiger partial charge in [0.15, 0.2) is 10.3 Å². The Kier molecular flexibility index (Phi) is 8.21. The van der Waals surface area contributed by atoms with Crippen molar-refractivity contribution >= 4 is 66.9 Å². The number of amidine groups is 2. The van der Waals surface area contributed by atoms with Crippen LogP contribution in [0.4, 0.5) is 0 Å². The Bertz CT molecular complexity index is 330. The van der Waals surface area contributed by atoms with Crippen molar-refractivity contribution < 1.29 is 0 Å². The molecule has 8 N–H and O–H groups in total. The number of rotatable bonds is 3. The summed E-state index contributed by atoms with van der Waals surface area (Å²) in [6.45, 7) is 2.44. The molecule has 17 heavy (non-hydrogen) atoms. The molecule has 6 nitrogen and oxygen atoms in total. The van der Waals surface area contributed by atoms with E-state index < -0.39 is 0 Å². The van der Waals surface area contributed by atoms with Crippen LogP contribution in [0.15, 0.2) is 0 Å². The van der Waals surface area contributed by atoms with E-state index in [4.69, 9.17) is 46.7 Å². The second-order valence-electron chi connectivity index (χ2n) is 2.93. The molecule has 0 spiro atoms. The molecule has 0 radical (unpaired) electrons. The van der Waals surface area contributed by atoms with Crippen molar-refractivity contribution in [1.82, 2.24) is 10.6 Å². The molecule has 10 heteroatoms. The van der Waals surface area contributed by atoms with Crippen molar-refractivity contribution in [3.8, 4) is 0 Å². The minimum atomic E-state index is -0.0506. The fourth-order valence-electron chi connectivity index (χ4n) is 0.754. The molecule has 0 bridgehead atoms. The Morgan fingerprint density at radius 2 is 1.65 bits per heavy atom. The molecule has 0 aromatic rings. The van der Waals surface area contributed by atoms with E-state index in [0.717, 1.165) is 23.5 Å². The predicted octanol–water partition coefficient (Wildman–Crippen LogP) is 0.377. The highest BCUT2D eigenvalue weighted by atomic mass is 32.2. The van der Waals surface area contributed by atoms with Gasteiger partial charge in [-0.2, -0.15) is 0 Å². The van der Waals surface area contributed by atoms with Crippen LogP contribution in [0.1, 0.15) is 6.92 Å². The normalized spacial score (nSPS) is 11.4. The van der Waals surface area contributed by atoms with Gasteiger partial charge in [0.2, 0.25) is 0 Å². The zero-order valence-electron chi connectivity index (χ0n) is 9.07. The Balaban J connectivity index is 3.83. The van der Waals surface area contributed by atoms with Crippen molar-refractivity contribution in [3.05, 3.63) is 0 Å². The van der Waals surface area contributed by atoms with Crippen LogP contribution in [0.5, 0.6) is 0 Å². The molecule has 0 rings (SSSR count). The molecule has 96 valence electrons. The third-order valence-corrected chi connectivity index (χ3v) is 3.16. The molecular weight excluding hydrogens is 296 g/mol. The summed E-state index contributed by atoms with van der Waals surface area (Å²) in [4.78, 5) is 0. The molecule has 0 heterocycles. The van der Waals surface area contributed by atoms with E-state index in [9.17, 15) is 0 Å². The van der Waals surface area contributed by atoms with Gasteiger partial charge in [-0.25, -0.2) is 0 Å². The highest BCUT2D eigenvalue weighted by Crippen LogP contribution is 2.02. The summed E-state index contributed by atoms with van der Waals surface area (Å²) in [5.74, 6) is 0. The topological polar surface area (TPSA) is 124 Å². The second-order valence-corrected chi connectivity index (χ2v) is 6.37.